The summed E-state index contributed by atoms with van der Waals surface area (Å²) in [4.78, 5) is 12.6. The van der Waals surface area contributed by atoms with Gasteiger partial charge in [-0.15, -0.1) is 10.2 Å². The highest BCUT2D eigenvalue weighted by Gasteiger charge is 2.39. The molecule has 3 rings (SSSR count). The Hall–Kier alpha value is -2.08. The summed E-state index contributed by atoms with van der Waals surface area (Å²) in [6, 6.07) is 10.3. The van der Waals surface area contributed by atoms with Gasteiger partial charge in [0.05, 0.1) is 5.41 Å². The molecule has 0 aliphatic carbocycles. The molecule has 0 bridgehead atoms. The quantitative estimate of drug-likeness (QED) is 0.928. The number of nitrogens with zero attached hydrogens (tertiary/aromatic N) is 4. The molecule has 0 radical (unpaired) electrons. The molecule has 0 amide bonds. The van der Waals surface area contributed by atoms with E-state index >= 15 is 0 Å². The number of benzene rings is 1. The van der Waals surface area contributed by atoms with E-state index in [1.54, 1.807) is 0 Å². The third kappa shape index (κ3) is 3.06. The fourth-order valence-corrected chi connectivity index (χ4v) is 2.95. The van der Waals surface area contributed by atoms with Crippen LogP contribution < -0.4 is 5.32 Å². The fourth-order valence-electron chi connectivity index (χ4n) is 2.95. The van der Waals surface area contributed by atoms with E-state index in [1.807, 2.05) is 18.2 Å². The molecule has 0 saturated carbocycles. The smallest absolute Gasteiger partial charge is 0.185 e. The van der Waals surface area contributed by atoms with Crippen LogP contribution in [0, 0.1) is 0 Å². The number of piperidine rings is 1. The van der Waals surface area contributed by atoms with E-state index in [1.165, 1.54) is 17.3 Å². The van der Waals surface area contributed by atoms with Crippen molar-refractivity contribution in [3.05, 3.63) is 41.7 Å². The van der Waals surface area contributed by atoms with Gasteiger partial charge in [0.25, 0.3) is 0 Å². The maximum atomic E-state index is 11.2. The standard InChI is InChI=1S/C15H19N5O.CH4/c1-12(21)11-20-18-14(17-19-20)15(7-9-16-10-8-15)13-5-3-2-4-6-13;/h2-6,16H,7-11H2,1H3;1H4. The Kier molecular flexibility index (Phi) is 5.03. The summed E-state index contributed by atoms with van der Waals surface area (Å²) >= 11 is 0. The molecule has 1 aromatic heterocycles. The number of aromatic nitrogens is 4. The molecule has 1 fully saturated rings. The van der Waals surface area contributed by atoms with Crippen LogP contribution in [0.3, 0.4) is 0 Å². The van der Waals surface area contributed by atoms with Crippen LogP contribution in [0.4, 0.5) is 0 Å². The van der Waals surface area contributed by atoms with E-state index in [0.29, 0.717) is 0 Å². The van der Waals surface area contributed by atoms with Crippen LogP contribution in [0.2, 0.25) is 0 Å². The van der Waals surface area contributed by atoms with Crippen LogP contribution in [0.25, 0.3) is 0 Å². The van der Waals surface area contributed by atoms with Crippen molar-refractivity contribution in [3.63, 3.8) is 0 Å². The maximum absolute atomic E-state index is 11.2. The summed E-state index contributed by atoms with van der Waals surface area (Å²) in [6.45, 7) is 3.56. The first kappa shape index (κ1) is 16.3. The second-order valence-corrected chi connectivity index (χ2v) is 5.54. The lowest BCUT2D eigenvalue weighted by Gasteiger charge is -2.35. The summed E-state index contributed by atoms with van der Waals surface area (Å²) < 4.78 is 0. The third-order valence-corrected chi connectivity index (χ3v) is 4.03. The van der Waals surface area contributed by atoms with Crippen molar-refractivity contribution in [2.75, 3.05) is 13.1 Å². The lowest BCUT2D eigenvalue weighted by molar-refractivity contribution is -0.117. The minimum Gasteiger partial charge on any atom is -0.317 e. The Balaban J connectivity index is 0.00000176. The zero-order valence-corrected chi connectivity index (χ0v) is 12.1. The Morgan fingerprint density at radius 1 is 1.27 bits per heavy atom. The average molecular weight is 301 g/mol. The van der Waals surface area contributed by atoms with Gasteiger partial charge in [0.1, 0.15) is 6.54 Å². The molecule has 1 N–H and O–H groups in total. The monoisotopic (exact) mass is 301 g/mol. The molecular formula is C16H23N5O. The molecule has 1 aromatic carbocycles. The number of hydrogen-bond acceptors (Lipinski definition) is 5. The number of rotatable bonds is 4. The Morgan fingerprint density at radius 2 is 1.95 bits per heavy atom. The second kappa shape index (κ2) is 6.79. The Bertz CT molecular complexity index is 616. The van der Waals surface area contributed by atoms with E-state index in [-0.39, 0.29) is 25.2 Å². The van der Waals surface area contributed by atoms with Crippen molar-refractivity contribution in [2.45, 2.75) is 39.2 Å². The molecular weight excluding hydrogens is 278 g/mol. The molecule has 2 heterocycles. The first-order valence-electron chi connectivity index (χ1n) is 7.25. The normalized spacial score (nSPS) is 16.8. The van der Waals surface area contributed by atoms with Crippen molar-refractivity contribution in [2.24, 2.45) is 0 Å². The highest BCUT2D eigenvalue weighted by atomic mass is 16.1. The van der Waals surface area contributed by atoms with Gasteiger partial charge in [0.15, 0.2) is 11.6 Å². The van der Waals surface area contributed by atoms with E-state index in [2.05, 4.69) is 32.9 Å². The topological polar surface area (TPSA) is 72.7 Å². The minimum atomic E-state index is -0.207. The fraction of sp³-hybridized carbons (Fsp3) is 0.500. The van der Waals surface area contributed by atoms with Crippen LogP contribution in [0.5, 0.6) is 0 Å². The predicted molar refractivity (Wildman–Crippen MR) is 84.6 cm³/mol. The molecule has 0 atom stereocenters. The van der Waals surface area contributed by atoms with E-state index in [9.17, 15) is 4.79 Å². The van der Waals surface area contributed by atoms with Gasteiger partial charge in [-0.05, 0) is 43.6 Å². The summed E-state index contributed by atoms with van der Waals surface area (Å²) in [7, 11) is 0. The molecule has 2 aromatic rings. The number of ketones is 1. The van der Waals surface area contributed by atoms with Gasteiger partial charge < -0.3 is 5.32 Å². The molecule has 6 nitrogen and oxygen atoms in total. The zero-order valence-electron chi connectivity index (χ0n) is 12.1. The van der Waals surface area contributed by atoms with Crippen LogP contribution in [-0.4, -0.2) is 39.1 Å². The zero-order chi connectivity index (χ0) is 14.7. The average Bonchev–Trinajstić information content (AvgIpc) is 2.97. The molecule has 0 unspecified atom stereocenters. The van der Waals surface area contributed by atoms with Gasteiger partial charge >= 0.3 is 0 Å². The number of carbonyl (C=O) groups is 1. The van der Waals surface area contributed by atoms with E-state index in [0.717, 1.165) is 31.8 Å². The van der Waals surface area contributed by atoms with Crippen molar-refractivity contribution in [3.8, 4) is 0 Å². The van der Waals surface area contributed by atoms with Crippen molar-refractivity contribution < 1.29 is 4.79 Å². The van der Waals surface area contributed by atoms with Gasteiger partial charge in [0.2, 0.25) is 0 Å². The highest BCUT2D eigenvalue weighted by molar-refractivity contribution is 5.74. The molecule has 1 aliphatic rings. The largest absolute Gasteiger partial charge is 0.317 e. The SMILES string of the molecule is C.CC(=O)Cn1nnc(C2(c3ccccc3)CCNCC2)n1. The number of carbonyl (C=O) groups excluding carboxylic acids is 1. The number of Topliss-reactive ketones (excluding diaryl/α,β-unsaturated/α-hetero) is 1. The van der Waals surface area contributed by atoms with Crippen molar-refractivity contribution in [1.82, 2.24) is 25.5 Å². The molecule has 118 valence electrons. The predicted octanol–water partition coefficient (Wildman–Crippen LogP) is 1.57. The molecule has 1 aliphatic heterocycles. The summed E-state index contributed by atoms with van der Waals surface area (Å²) in [5.41, 5.74) is 1.01. The first-order chi connectivity index (χ1) is 10.2. The summed E-state index contributed by atoms with van der Waals surface area (Å²) in [5.74, 6) is 0.745. The second-order valence-electron chi connectivity index (χ2n) is 5.54. The van der Waals surface area contributed by atoms with Crippen LogP contribution in [-0.2, 0) is 16.8 Å². The first-order valence-corrected chi connectivity index (χ1v) is 7.25. The number of tetrazole rings is 1. The molecule has 1 saturated heterocycles. The maximum Gasteiger partial charge on any atom is 0.185 e. The van der Waals surface area contributed by atoms with Gasteiger partial charge in [-0.3, -0.25) is 4.79 Å². The molecule has 6 heteroatoms. The highest BCUT2D eigenvalue weighted by Crippen LogP contribution is 2.37. The van der Waals surface area contributed by atoms with E-state index < -0.39 is 0 Å². The third-order valence-electron chi connectivity index (χ3n) is 4.03. The summed E-state index contributed by atoms with van der Waals surface area (Å²) in [6.07, 6.45) is 1.87. The number of nitrogens with one attached hydrogen (secondary N) is 1. The van der Waals surface area contributed by atoms with Crippen molar-refractivity contribution >= 4 is 5.78 Å². The summed E-state index contributed by atoms with van der Waals surface area (Å²) in [5, 5.41) is 16.1. The van der Waals surface area contributed by atoms with Gasteiger partial charge in [-0.2, -0.15) is 4.80 Å². The van der Waals surface area contributed by atoms with Crippen molar-refractivity contribution in [1.29, 1.82) is 0 Å². The van der Waals surface area contributed by atoms with Gasteiger partial charge in [0, 0.05) is 0 Å². The van der Waals surface area contributed by atoms with Gasteiger partial charge in [-0.1, -0.05) is 37.8 Å². The molecule has 22 heavy (non-hydrogen) atoms. The van der Waals surface area contributed by atoms with Crippen LogP contribution in [0.1, 0.15) is 38.6 Å². The lowest BCUT2D eigenvalue weighted by Crippen LogP contribution is -2.41. The van der Waals surface area contributed by atoms with E-state index in [4.69, 9.17) is 0 Å². The van der Waals surface area contributed by atoms with Gasteiger partial charge in [-0.25, -0.2) is 0 Å². The van der Waals surface area contributed by atoms with Crippen LogP contribution >= 0.6 is 0 Å². The Morgan fingerprint density at radius 3 is 2.59 bits per heavy atom. The minimum absolute atomic E-state index is 0. The number of hydrogen-bond donors (Lipinski definition) is 1. The van der Waals surface area contributed by atoms with Crippen LogP contribution in [0.15, 0.2) is 30.3 Å². The lowest BCUT2D eigenvalue weighted by atomic mass is 9.72. The molecule has 0 spiro atoms. The Labute approximate surface area is 130 Å².